The summed E-state index contributed by atoms with van der Waals surface area (Å²) in [5.41, 5.74) is 1.37. The van der Waals surface area contributed by atoms with Crippen molar-refractivity contribution in [1.82, 2.24) is 5.32 Å². The average molecular weight is 446 g/mol. The molecule has 1 aromatic rings. The molecular formula is C24H33BF2N2O3. The van der Waals surface area contributed by atoms with Gasteiger partial charge in [-0.25, -0.2) is 8.78 Å². The number of hydrogen-bond acceptors (Lipinski definition) is 4. The van der Waals surface area contributed by atoms with Crippen molar-refractivity contribution >= 4 is 24.2 Å². The number of nitrogens with zero attached hydrogens (tertiary/aromatic N) is 1. The lowest BCUT2D eigenvalue weighted by Gasteiger charge is -2.46. The van der Waals surface area contributed by atoms with E-state index in [1.54, 1.807) is 0 Å². The molecule has 0 aromatic heterocycles. The van der Waals surface area contributed by atoms with E-state index in [9.17, 15) is 13.6 Å². The number of benzene rings is 1. The van der Waals surface area contributed by atoms with Gasteiger partial charge >= 0.3 is 7.12 Å². The average Bonchev–Trinajstić information content (AvgIpc) is 2.95. The van der Waals surface area contributed by atoms with E-state index in [1.165, 1.54) is 0 Å². The summed E-state index contributed by atoms with van der Waals surface area (Å²) in [5, 5.41) is 3.34. The number of rotatable bonds is 4. The Morgan fingerprint density at radius 3 is 2.16 bits per heavy atom. The molecule has 0 spiro atoms. The lowest BCUT2D eigenvalue weighted by molar-refractivity contribution is -0.123. The van der Waals surface area contributed by atoms with Crippen molar-refractivity contribution in [2.45, 2.75) is 108 Å². The van der Waals surface area contributed by atoms with Gasteiger partial charge in [-0.1, -0.05) is 12.1 Å². The number of carbonyl (C=O) groups excluding carboxylic acids is 1. The largest absolute Gasteiger partial charge is 0.494 e. The zero-order valence-corrected chi connectivity index (χ0v) is 19.8. The highest BCUT2D eigenvalue weighted by Gasteiger charge is 2.54. The molecule has 5 nitrogen and oxygen atoms in total. The first-order valence-electron chi connectivity index (χ1n) is 11.7. The first kappa shape index (κ1) is 22.3. The third kappa shape index (κ3) is 3.32. The molecule has 1 saturated heterocycles. The van der Waals surface area contributed by atoms with Crippen molar-refractivity contribution in [3.8, 4) is 0 Å². The third-order valence-corrected chi connectivity index (χ3v) is 8.27. The molecule has 0 atom stereocenters. The highest BCUT2D eigenvalue weighted by molar-refractivity contribution is 6.62. The molecule has 0 radical (unpaired) electrons. The van der Waals surface area contributed by atoms with Gasteiger partial charge in [0, 0.05) is 36.7 Å². The minimum absolute atomic E-state index is 0.0784. The van der Waals surface area contributed by atoms with Gasteiger partial charge in [0.1, 0.15) is 0 Å². The van der Waals surface area contributed by atoms with Crippen molar-refractivity contribution in [3.63, 3.8) is 0 Å². The van der Waals surface area contributed by atoms with Crippen molar-refractivity contribution in [2.75, 3.05) is 4.90 Å². The number of nitrogens with one attached hydrogen (secondary N) is 1. The molecule has 2 aliphatic carbocycles. The molecule has 4 aliphatic rings. The molecule has 2 saturated carbocycles. The molecule has 0 unspecified atom stereocenters. The van der Waals surface area contributed by atoms with E-state index in [0.717, 1.165) is 29.6 Å². The van der Waals surface area contributed by atoms with Gasteiger partial charge in [0.05, 0.1) is 16.6 Å². The smallest absolute Gasteiger partial charge is 0.399 e. The van der Waals surface area contributed by atoms with Crippen LogP contribution in [-0.2, 0) is 19.5 Å². The van der Waals surface area contributed by atoms with Crippen LogP contribution in [0.2, 0.25) is 0 Å². The topological polar surface area (TPSA) is 50.8 Å². The highest BCUT2D eigenvalue weighted by atomic mass is 19.3. The maximum atomic E-state index is 13.4. The van der Waals surface area contributed by atoms with Gasteiger partial charge in [0.25, 0.3) is 5.92 Å². The van der Waals surface area contributed by atoms with Gasteiger partial charge in [-0.3, -0.25) is 4.79 Å². The van der Waals surface area contributed by atoms with Crippen LogP contribution in [0.15, 0.2) is 18.2 Å². The van der Waals surface area contributed by atoms with Gasteiger partial charge in [-0.05, 0) is 71.5 Å². The van der Waals surface area contributed by atoms with Crippen LogP contribution >= 0.6 is 0 Å². The number of fused-ring (bicyclic) bond motifs is 1. The number of halogens is 2. The SMILES string of the molecule is CC1(C)C(=O)N(C2CC(NC3CC(F)(F)C3)C2)c2cc(B3OC(C)(C)C(C)(C)O3)ccc21. The summed E-state index contributed by atoms with van der Waals surface area (Å²) in [5.74, 6) is -2.42. The molecular weight excluding hydrogens is 413 g/mol. The molecule has 1 aromatic carbocycles. The highest BCUT2D eigenvalue weighted by Crippen LogP contribution is 2.46. The number of alkyl halides is 2. The molecule has 5 rings (SSSR count). The van der Waals surface area contributed by atoms with Crippen molar-refractivity contribution in [2.24, 2.45) is 0 Å². The van der Waals surface area contributed by atoms with Crippen LogP contribution in [0.1, 0.15) is 72.8 Å². The van der Waals surface area contributed by atoms with Crippen LogP contribution in [0.3, 0.4) is 0 Å². The Kier molecular flexibility index (Phi) is 4.71. The minimum atomic E-state index is -2.52. The van der Waals surface area contributed by atoms with Gasteiger partial charge < -0.3 is 19.5 Å². The van der Waals surface area contributed by atoms with E-state index in [-0.39, 0.29) is 36.9 Å². The van der Waals surface area contributed by atoms with E-state index in [2.05, 4.69) is 5.32 Å². The first-order chi connectivity index (χ1) is 14.7. The minimum Gasteiger partial charge on any atom is -0.399 e. The lowest BCUT2D eigenvalue weighted by Crippen LogP contribution is -2.60. The molecule has 2 aliphatic heterocycles. The lowest BCUT2D eigenvalue weighted by atomic mass is 9.76. The van der Waals surface area contributed by atoms with Crippen LogP contribution < -0.4 is 15.7 Å². The molecule has 1 N–H and O–H groups in total. The fourth-order valence-corrected chi connectivity index (χ4v) is 5.34. The Balaban J connectivity index is 1.34. The molecule has 1 amide bonds. The van der Waals surface area contributed by atoms with Gasteiger partial charge in [0.15, 0.2) is 0 Å². The molecule has 3 fully saturated rings. The summed E-state index contributed by atoms with van der Waals surface area (Å²) in [6.45, 7) is 12.0. The van der Waals surface area contributed by atoms with Crippen molar-refractivity contribution < 1.29 is 22.9 Å². The Bertz CT molecular complexity index is 935. The quantitative estimate of drug-likeness (QED) is 0.720. The Hall–Kier alpha value is -1.51. The van der Waals surface area contributed by atoms with E-state index >= 15 is 0 Å². The van der Waals surface area contributed by atoms with Crippen LogP contribution in [0.5, 0.6) is 0 Å². The Morgan fingerprint density at radius 1 is 1.00 bits per heavy atom. The van der Waals surface area contributed by atoms with Crippen LogP contribution in [0.25, 0.3) is 0 Å². The molecule has 0 bridgehead atoms. The fourth-order valence-electron chi connectivity index (χ4n) is 5.34. The molecule has 8 heteroatoms. The Labute approximate surface area is 189 Å². The second kappa shape index (κ2) is 6.77. The molecule has 174 valence electrons. The second-order valence-electron chi connectivity index (χ2n) is 11.6. The summed E-state index contributed by atoms with van der Waals surface area (Å²) < 4.78 is 38.7. The normalized spacial score (nSPS) is 31.9. The number of anilines is 1. The Morgan fingerprint density at radius 2 is 1.59 bits per heavy atom. The first-order valence-corrected chi connectivity index (χ1v) is 11.7. The summed E-state index contributed by atoms with van der Waals surface area (Å²) in [4.78, 5) is 15.3. The maximum absolute atomic E-state index is 13.4. The van der Waals surface area contributed by atoms with E-state index in [1.807, 2.05) is 64.6 Å². The van der Waals surface area contributed by atoms with Gasteiger partial charge in [-0.15, -0.1) is 0 Å². The summed E-state index contributed by atoms with van der Waals surface area (Å²) in [6, 6.07) is 6.22. The van der Waals surface area contributed by atoms with Crippen LogP contribution in [-0.4, -0.2) is 48.3 Å². The van der Waals surface area contributed by atoms with Crippen LogP contribution in [0.4, 0.5) is 14.5 Å². The standard InChI is InChI=1S/C24H33BF2N2O3/c1-21(2)18-8-7-14(25-31-22(3,4)23(5,6)32-25)9-19(18)29(20(21)30)17-10-15(11-17)28-16-12-24(26,27)13-16/h7-9,15-17,28H,10-13H2,1-6H3. The fraction of sp³-hybridized carbons (Fsp3) is 0.708. The number of amides is 1. The number of hydrogen-bond donors (Lipinski definition) is 1. The third-order valence-electron chi connectivity index (χ3n) is 8.27. The van der Waals surface area contributed by atoms with E-state index < -0.39 is 29.7 Å². The zero-order chi connectivity index (χ0) is 23.3. The predicted octanol–water partition coefficient (Wildman–Crippen LogP) is 3.53. The van der Waals surface area contributed by atoms with Gasteiger partial charge in [0.2, 0.25) is 5.91 Å². The summed E-state index contributed by atoms with van der Waals surface area (Å²) >= 11 is 0. The van der Waals surface area contributed by atoms with E-state index in [0.29, 0.717) is 0 Å². The predicted molar refractivity (Wildman–Crippen MR) is 121 cm³/mol. The number of carbonyl (C=O) groups is 1. The summed E-state index contributed by atoms with van der Waals surface area (Å²) in [7, 11) is -0.484. The van der Waals surface area contributed by atoms with Gasteiger partial charge in [-0.2, -0.15) is 0 Å². The zero-order valence-electron chi connectivity index (χ0n) is 19.8. The molecule has 2 heterocycles. The maximum Gasteiger partial charge on any atom is 0.494 e. The van der Waals surface area contributed by atoms with Crippen molar-refractivity contribution in [1.29, 1.82) is 0 Å². The molecule has 32 heavy (non-hydrogen) atoms. The second-order valence-corrected chi connectivity index (χ2v) is 11.6. The summed E-state index contributed by atoms with van der Waals surface area (Å²) in [6.07, 6.45) is 1.41. The van der Waals surface area contributed by atoms with E-state index in [4.69, 9.17) is 9.31 Å². The van der Waals surface area contributed by atoms with Crippen LogP contribution in [0, 0.1) is 0 Å². The van der Waals surface area contributed by atoms with Crippen molar-refractivity contribution in [3.05, 3.63) is 23.8 Å². The monoisotopic (exact) mass is 446 g/mol.